The number of aromatic nitrogens is 2. The van der Waals surface area contributed by atoms with Gasteiger partial charge in [0.25, 0.3) is 0 Å². The quantitative estimate of drug-likeness (QED) is 0.610. The van der Waals surface area contributed by atoms with Gasteiger partial charge in [-0.3, -0.25) is 14.5 Å². The third-order valence-corrected chi connectivity index (χ3v) is 5.80. The lowest BCUT2D eigenvalue weighted by Gasteiger charge is -2.25. The summed E-state index contributed by atoms with van der Waals surface area (Å²) in [6.07, 6.45) is 4.50. The average Bonchev–Trinajstić information content (AvgIpc) is 3.29. The second kappa shape index (κ2) is 7.91. The van der Waals surface area contributed by atoms with E-state index in [4.69, 9.17) is 0 Å². The van der Waals surface area contributed by atoms with Crippen LogP contribution in [0, 0.1) is 0 Å². The predicted octanol–water partition coefficient (Wildman–Crippen LogP) is 3.22. The third-order valence-electron chi connectivity index (χ3n) is 5.80. The number of nitrogens with zero attached hydrogens (tertiary/aromatic N) is 2. The van der Waals surface area contributed by atoms with Crippen molar-refractivity contribution in [1.82, 2.24) is 14.9 Å². The zero-order chi connectivity index (χ0) is 20.5. The Morgan fingerprint density at radius 1 is 1.10 bits per heavy atom. The van der Waals surface area contributed by atoms with E-state index >= 15 is 0 Å². The lowest BCUT2D eigenvalue weighted by Crippen LogP contribution is -2.29. The average molecular weight is 403 g/mol. The number of likely N-dealkylation sites (tertiary alicyclic amines) is 1. The number of carbonyl (C=O) groups is 2. The molecule has 1 saturated heterocycles. The molecular formula is C23H25N5O2. The molecule has 0 saturated carbocycles. The summed E-state index contributed by atoms with van der Waals surface area (Å²) in [5.41, 5.74) is 5.25. The van der Waals surface area contributed by atoms with Crippen LogP contribution in [0.15, 0.2) is 36.4 Å². The number of piperidine rings is 1. The molecule has 0 spiro atoms. The number of imidazole rings is 1. The van der Waals surface area contributed by atoms with E-state index in [0.717, 1.165) is 59.0 Å². The van der Waals surface area contributed by atoms with Crippen LogP contribution in [-0.2, 0) is 29.0 Å². The maximum absolute atomic E-state index is 12.5. The highest BCUT2D eigenvalue weighted by molar-refractivity contribution is 5.99. The van der Waals surface area contributed by atoms with Gasteiger partial charge in [0, 0.05) is 11.4 Å². The Labute approximate surface area is 174 Å². The van der Waals surface area contributed by atoms with Crippen LogP contribution >= 0.6 is 0 Å². The molecule has 2 aromatic carbocycles. The highest BCUT2D eigenvalue weighted by Crippen LogP contribution is 2.25. The fraction of sp³-hybridized carbons (Fsp3) is 0.348. The summed E-state index contributed by atoms with van der Waals surface area (Å²) in [5, 5.41) is 5.79. The second-order valence-corrected chi connectivity index (χ2v) is 8.19. The van der Waals surface area contributed by atoms with Crippen molar-refractivity contribution in [3.63, 3.8) is 0 Å². The molecule has 7 nitrogen and oxygen atoms in total. The molecule has 30 heavy (non-hydrogen) atoms. The molecule has 2 aliphatic rings. The molecule has 1 aromatic heterocycles. The number of carbonyl (C=O) groups excluding carboxylic acids is 2. The van der Waals surface area contributed by atoms with Gasteiger partial charge < -0.3 is 15.6 Å². The molecule has 3 aromatic rings. The summed E-state index contributed by atoms with van der Waals surface area (Å²) in [4.78, 5) is 34.5. The van der Waals surface area contributed by atoms with E-state index in [1.165, 1.54) is 19.3 Å². The van der Waals surface area contributed by atoms with Crippen molar-refractivity contribution in [1.29, 1.82) is 0 Å². The number of amides is 2. The molecule has 5 rings (SSSR count). The van der Waals surface area contributed by atoms with Crippen LogP contribution < -0.4 is 10.6 Å². The van der Waals surface area contributed by atoms with Crippen LogP contribution in [0.4, 0.5) is 11.4 Å². The molecule has 7 heteroatoms. The minimum Gasteiger partial charge on any atom is -0.341 e. The first kappa shape index (κ1) is 18.8. The topological polar surface area (TPSA) is 90.1 Å². The van der Waals surface area contributed by atoms with Crippen molar-refractivity contribution in [3.05, 3.63) is 53.3 Å². The number of nitrogens with one attached hydrogen (secondary N) is 3. The van der Waals surface area contributed by atoms with Crippen molar-refractivity contribution in [2.75, 3.05) is 23.7 Å². The Kier molecular flexibility index (Phi) is 4.96. The van der Waals surface area contributed by atoms with Gasteiger partial charge in [-0.05, 0) is 61.3 Å². The smallest absolute Gasteiger partial charge is 0.228 e. The van der Waals surface area contributed by atoms with Gasteiger partial charge in [0.05, 0.1) is 30.4 Å². The van der Waals surface area contributed by atoms with E-state index < -0.39 is 0 Å². The second-order valence-electron chi connectivity index (χ2n) is 8.19. The summed E-state index contributed by atoms with van der Waals surface area (Å²) < 4.78 is 0. The fourth-order valence-corrected chi connectivity index (χ4v) is 4.31. The molecule has 2 amide bonds. The molecule has 0 atom stereocenters. The van der Waals surface area contributed by atoms with Gasteiger partial charge >= 0.3 is 0 Å². The molecule has 0 radical (unpaired) electrons. The minimum absolute atomic E-state index is 0.000817. The molecule has 0 bridgehead atoms. The molecule has 1 fully saturated rings. The van der Waals surface area contributed by atoms with Crippen molar-refractivity contribution < 1.29 is 9.59 Å². The SMILES string of the molecule is O=C(Cc1ccc2c(c1)NC(=O)C2)Nc1ccc2nc(CN3CCCCC3)[nH]c2c1. The van der Waals surface area contributed by atoms with E-state index in [1.807, 2.05) is 36.4 Å². The number of benzene rings is 2. The van der Waals surface area contributed by atoms with Gasteiger partial charge in [-0.2, -0.15) is 0 Å². The molecule has 154 valence electrons. The molecule has 0 unspecified atom stereocenters. The van der Waals surface area contributed by atoms with E-state index in [2.05, 4.69) is 25.5 Å². The fourth-order valence-electron chi connectivity index (χ4n) is 4.31. The van der Waals surface area contributed by atoms with Crippen LogP contribution in [0.1, 0.15) is 36.2 Å². The maximum Gasteiger partial charge on any atom is 0.228 e. The molecule has 3 heterocycles. The van der Waals surface area contributed by atoms with Gasteiger partial charge in [0.1, 0.15) is 5.82 Å². The first-order chi connectivity index (χ1) is 14.6. The van der Waals surface area contributed by atoms with Gasteiger partial charge in [-0.15, -0.1) is 0 Å². The van der Waals surface area contributed by atoms with Crippen molar-refractivity contribution >= 4 is 34.2 Å². The van der Waals surface area contributed by atoms with E-state index in [-0.39, 0.29) is 18.2 Å². The van der Waals surface area contributed by atoms with E-state index in [0.29, 0.717) is 6.42 Å². The summed E-state index contributed by atoms with van der Waals surface area (Å²) in [6, 6.07) is 11.5. The van der Waals surface area contributed by atoms with E-state index in [1.54, 1.807) is 0 Å². The lowest BCUT2D eigenvalue weighted by atomic mass is 10.1. The van der Waals surface area contributed by atoms with Gasteiger partial charge in [-0.1, -0.05) is 18.6 Å². The number of rotatable bonds is 5. The normalized spacial score (nSPS) is 16.5. The standard InChI is InChI=1S/C23H25N5O2/c29-22(11-15-4-5-16-12-23(30)27-19(16)10-15)24-17-6-7-18-20(13-17)26-21(25-18)14-28-8-2-1-3-9-28/h4-7,10,13H,1-3,8-9,11-12,14H2,(H,24,29)(H,25,26)(H,27,30). The molecule has 2 aliphatic heterocycles. The van der Waals surface area contributed by atoms with Crippen molar-refractivity contribution in [2.45, 2.75) is 38.6 Å². The zero-order valence-electron chi connectivity index (χ0n) is 16.8. The number of anilines is 2. The third kappa shape index (κ3) is 4.07. The lowest BCUT2D eigenvalue weighted by molar-refractivity contribution is -0.116. The number of hydrogen-bond acceptors (Lipinski definition) is 4. The van der Waals surface area contributed by atoms with Crippen LogP contribution in [0.5, 0.6) is 0 Å². The predicted molar refractivity (Wildman–Crippen MR) is 116 cm³/mol. The van der Waals surface area contributed by atoms with Gasteiger partial charge in [0.2, 0.25) is 11.8 Å². The first-order valence-electron chi connectivity index (χ1n) is 10.5. The summed E-state index contributed by atoms with van der Waals surface area (Å²) >= 11 is 0. The van der Waals surface area contributed by atoms with Crippen LogP contribution in [0.3, 0.4) is 0 Å². The Bertz CT molecular complexity index is 1110. The van der Waals surface area contributed by atoms with Crippen LogP contribution in [0.2, 0.25) is 0 Å². The Morgan fingerprint density at radius 3 is 2.83 bits per heavy atom. The molecular weight excluding hydrogens is 378 g/mol. The van der Waals surface area contributed by atoms with Gasteiger partial charge in [0.15, 0.2) is 0 Å². The maximum atomic E-state index is 12.5. The summed E-state index contributed by atoms with van der Waals surface area (Å²) in [7, 11) is 0. The summed E-state index contributed by atoms with van der Waals surface area (Å²) in [6.45, 7) is 3.10. The van der Waals surface area contributed by atoms with E-state index in [9.17, 15) is 9.59 Å². The van der Waals surface area contributed by atoms with Crippen molar-refractivity contribution in [2.24, 2.45) is 0 Å². The number of fused-ring (bicyclic) bond motifs is 2. The Morgan fingerprint density at radius 2 is 1.97 bits per heavy atom. The highest BCUT2D eigenvalue weighted by atomic mass is 16.2. The number of hydrogen-bond donors (Lipinski definition) is 3. The minimum atomic E-state index is -0.0910. The van der Waals surface area contributed by atoms with Crippen LogP contribution in [0.25, 0.3) is 11.0 Å². The van der Waals surface area contributed by atoms with Crippen molar-refractivity contribution in [3.8, 4) is 0 Å². The van der Waals surface area contributed by atoms with Crippen LogP contribution in [-0.4, -0.2) is 39.8 Å². The molecule has 3 N–H and O–H groups in total. The molecule has 0 aliphatic carbocycles. The largest absolute Gasteiger partial charge is 0.341 e. The number of aromatic amines is 1. The number of H-pyrrole nitrogens is 1. The Balaban J connectivity index is 1.24. The Hall–Kier alpha value is -3.19. The zero-order valence-corrected chi connectivity index (χ0v) is 16.8. The monoisotopic (exact) mass is 403 g/mol. The highest BCUT2D eigenvalue weighted by Gasteiger charge is 2.18. The van der Waals surface area contributed by atoms with Gasteiger partial charge in [-0.25, -0.2) is 4.98 Å². The first-order valence-corrected chi connectivity index (χ1v) is 10.5. The summed E-state index contributed by atoms with van der Waals surface area (Å²) in [5.74, 6) is 0.876.